The lowest BCUT2D eigenvalue weighted by molar-refractivity contribution is -0.107. The first-order chi connectivity index (χ1) is 6.77. The molecular formula is C9H11N3O2. The molecule has 0 spiro atoms. The zero-order chi connectivity index (χ0) is 10.4. The summed E-state index contributed by atoms with van der Waals surface area (Å²) in [6.07, 6.45) is 6.04. The molecule has 74 valence electrons. The molecule has 0 aliphatic rings. The summed E-state index contributed by atoms with van der Waals surface area (Å²) in [5.74, 6) is 0.540. The molecule has 5 nitrogen and oxygen atoms in total. The Morgan fingerprint density at radius 3 is 3.07 bits per heavy atom. The number of anilines is 1. The molecule has 1 heterocycles. The van der Waals surface area contributed by atoms with E-state index < -0.39 is 0 Å². The Hall–Kier alpha value is -1.91. The van der Waals surface area contributed by atoms with E-state index in [0.717, 1.165) is 6.29 Å². The van der Waals surface area contributed by atoms with E-state index in [0.29, 0.717) is 18.0 Å². The van der Waals surface area contributed by atoms with Crippen molar-refractivity contribution in [3.63, 3.8) is 0 Å². The first-order valence-electron chi connectivity index (χ1n) is 4.04. The number of carbonyl (C=O) groups is 1. The molecule has 5 heteroatoms. The molecule has 0 bridgehead atoms. The third kappa shape index (κ3) is 2.55. The molecule has 0 amide bonds. The molecule has 1 rings (SSSR count). The number of aromatic nitrogens is 2. The van der Waals surface area contributed by atoms with E-state index >= 15 is 0 Å². The highest BCUT2D eigenvalue weighted by atomic mass is 16.5. The number of hydrogen-bond acceptors (Lipinski definition) is 5. The minimum absolute atomic E-state index is 0.250. The number of ether oxygens (including phenoxy) is 1. The number of nitrogens with zero attached hydrogens (tertiary/aromatic N) is 2. The van der Waals surface area contributed by atoms with Crippen LogP contribution >= 0.6 is 0 Å². The summed E-state index contributed by atoms with van der Waals surface area (Å²) in [6.45, 7) is 0. The number of hydrogen-bond donors (Lipinski definition) is 1. The van der Waals surface area contributed by atoms with Crippen molar-refractivity contribution in [2.24, 2.45) is 0 Å². The second-order valence-electron chi connectivity index (χ2n) is 2.49. The fourth-order valence-electron chi connectivity index (χ4n) is 0.869. The van der Waals surface area contributed by atoms with Gasteiger partial charge in [0.1, 0.15) is 6.29 Å². The van der Waals surface area contributed by atoms with Crippen LogP contribution in [0.5, 0.6) is 5.88 Å². The van der Waals surface area contributed by atoms with Crippen LogP contribution in [0.4, 0.5) is 5.82 Å². The zero-order valence-corrected chi connectivity index (χ0v) is 7.80. The zero-order valence-electron chi connectivity index (χ0n) is 7.80. The monoisotopic (exact) mass is 193 g/mol. The Kier molecular flexibility index (Phi) is 3.60. The van der Waals surface area contributed by atoms with Crippen LogP contribution in [-0.2, 0) is 4.79 Å². The van der Waals surface area contributed by atoms with Gasteiger partial charge in [0.15, 0.2) is 5.82 Å². The molecule has 1 aromatic rings. The van der Waals surface area contributed by atoms with Gasteiger partial charge in [0.05, 0.1) is 19.0 Å². The van der Waals surface area contributed by atoms with Crippen LogP contribution in [0.25, 0.3) is 6.08 Å². The summed E-state index contributed by atoms with van der Waals surface area (Å²) in [7, 11) is 1.47. The van der Waals surface area contributed by atoms with E-state index in [4.69, 9.17) is 10.5 Å². The highest BCUT2D eigenvalue weighted by Gasteiger charge is 2.01. The molecule has 0 saturated carbocycles. The highest BCUT2D eigenvalue weighted by molar-refractivity contribution is 5.57. The lowest BCUT2D eigenvalue weighted by atomic mass is 10.3. The molecule has 14 heavy (non-hydrogen) atoms. The van der Waals surface area contributed by atoms with Gasteiger partial charge in [0, 0.05) is 6.42 Å². The van der Waals surface area contributed by atoms with Gasteiger partial charge in [-0.05, 0) is 6.08 Å². The van der Waals surface area contributed by atoms with Gasteiger partial charge in [0.2, 0.25) is 0 Å². The summed E-state index contributed by atoms with van der Waals surface area (Å²) < 4.78 is 4.89. The van der Waals surface area contributed by atoms with Crippen LogP contribution in [0.2, 0.25) is 0 Å². The van der Waals surface area contributed by atoms with Crippen LogP contribution < -0.4 is 10.5 Å². The van der Waals surface area contributed by atoms with E-state index in [2.05, 4.69) is 9.97 Å². The minimum Gasteiger partial charge on any atom is -0.478 e. The third-order valence-corrected chi connectivity index (χ3v) is 1.50. The average molecular weight is 193 g/mol. The average Bonchev–Trinajstić information content (AvgIpc) is 2.21. The first-order valence-corrected chi connectivity index (χ1v) is 4.04. The quantitative estimate of drug-likeness (QED) is 0.711. The molecule has 0 unspecified atom stereocenters. The Morgan fingerprint density at radius 1 is 1.64 bits per heavy atom. The summed E-state index contributed by atoms with van der Waals surface area (Å²) >= 11 is 0. The van der Waals surface area contributed by atoms with Crippen molar-refractivity contribution in [3.8, 4) is 5.88 Å². The lowest BCUT2D eigenvalue weighted by Gasteiger charge is -2.01. The van der Waals surface area contributed by atoms with E-state index in [1.54, 1.807) is 12.2 Å². The van der Waals surface area contributed by atoms with Gasteiger partial charge in [-0.1, -0.05) is 6.08 Å². The normalized spacial score (nSPS) is 10.4. The van der Waals surface area contributed by atoms with E-state index in [1.807, 2.05) is 0 Å². The lowest BCUT2D eigenvalue weighted by Crippen LogP contribution is -1.99. The summed E-state index contributed by atoms with van der Waals surface area (Å²) in [4.78, 5) is 18.0. The Morgan fingerprint density at radius 2 is 2.43 bits per heavy atom. The van der Waals surface area contributed by atoms with Gasteiger partial charge < -0.3 is 15.3 Å². The van der Waals surface area contributed by atoms with Crippen LogP contribution in [0, 0.1) is 0 Å². The molecule has 0 fully saturated rings. The predicted octanol–water partition coefficient (Wildman–Crippen LogP) is 0.670. The van der Waals surface area contributed by atoms with Crippen molar-refractivity contribution in [3.05, 3.63) is 18.0 Å². The van der Waals surface area contributed by atoms with Gasteiger partial charge in [-0.15, -0.1) is 0 Å². The standard InChI is InChI=1S/C9H11N3O2/c1-14-9-8(10)11-6-7(12-9)4-2-3-5-13/h2,4-6H,3H2,1H3,(H2,10,11). The second kappa shape index (κ2) is 4.96. The summed E-state index contributed by atoms with van der Waals surface area (Å²) in [6, 6.07) is 0. The number of nitrogens with two attached hydrogens (primary N) is 1. The number of nitrogen functional groups attached to an aromatic ring is 1. The van der Waals surface area contributed by atoms with Gasteiger partial charge in [0.25, 0.3) is 5.88 Å². The molecule has 0 aliphatic carbocycles. The van der Waals surface area contributed by atoms with Crippen molar-refractivity contribution < 1.29 is 9.53 Å². The largest absolute Gasteiger partial charge is 0.478 e. The number of methoxy groups -OCH3 is 1. The van der Waals surface area contributed by atoms with Crippen LogP contribution in [0.3, 0.4) is 0 Å². The smallest absolute Gasteiger partial charge is 0.257 e. The summed E-state index contributed by atoms with van der Waals surface area (Å²) in [5, 5.41) is 0. The number of allylic oxidation sites excluding steroid dienone is 1. The minimum atomic E-state index is 0.250. The Bertz CT molecular complexity index is 350. The van der Waals surface area contributed by atoms with Gasteiger partial charge in [-0.2, -0.15) is 0 Å². The molecule has 0 radical (unpaired) electrons. The second-order valence-corrected chi connectivity index (χ2v) is 2.49. The maximum absolute atomic E-state index is 10.0. The Labute approximate surface area is 81.6 Å². The first kappa shape index (κ1) is 10.2. The fraction of sp³-hybridized carbons (Fsp3) is 0.222. The van der Waals surface area contributed by atoms with Crippen LogP contribution in [-0.4, -0.2) is 23.4 Å². The van der Waals surface area contributed by atoms with Crippen LogP contribution in [0.15, 0.2) is 12.3 Å². The van der Waals surface area contributed by atoms with Crippen LogP contribution in [0.1, 0.15) is 12.1 Å². The molecule has 2 N–H and O–H groups in total. The number of carbonyl (C=O) groups excluding carboxylic acids is 1. The van der Waals surface area contributed by atoms with E-state index in [1.165, 1.54) is 13.3 Å². The topological polar surface area (TPSA) is 78.1 Å². The maximum Gasteiger partial charge on any atom is 0.257 e. The van der Waals surface area contributed by atoms with Gasteiger partial charge in [-0.25, -0.2) is 9.97 Å². The van der Waals surface area contributed by atoms with Crippen molar-refractivity contribution in [2.75, 3.05) is 12.8 Å². The number of rotatable bonds is 4. The van der Waals surface area contributed by atoms with E-state index in [-0.39, 0.29) is 5.82 Å². The molecule has 0 saturated heterocycles. The summed E-state index contributed by atoms with van der Waals surface area (Å²) in [5.41, 5.74) is 6.09. The highest BCUT2D eigenvalue weighted by Crippen LogP contribution is 2.14. The van der Waals surface area contributed by atoms with Crippen molar-refractivity contribution in [1.82, 2.24) is 9.97 Å². The van der Waals surface area contributed by atoms with Crippen molar-refractivity contribution >= 4 is 18.2 Å². The third-order valence-electron chi connectivity index (χ3n) is 1.50. The van der Waals surface area contributed by atoms with Gasteiger partial charge in [-0.3, -0.25) is 0 Å². The molecule has 1 aromatic heterocycles. The molecule has 0 atom stereocenters. The fourth-order valence-corrected chi connectivity index (χ4v) is 0.869. The van der Waals surface area contributed by atoms with Crippen molar-refractivity contribution in [2.45, 2.75) is 6.42 Å². The number of aldehydes is 1. The predicted molar refractivity (Wildman–Crippen MR) is 52.7 cm³/mol. The van der Waals surface area contributed by atoms with Gasteiger partial charge >= 0.3 is 0 Å². The molecule has 0 aromatic carbocycles. The van der Waals surface area contributed by atoms with E-state index in [9.17, 15) is 4.79 Å². The molecule has 0 aliphatic heterocycles. The Balaban J connectivity index is 2.83. The van der Waals surface area contributed by atoms with Crippen molar-refractivity contribution in [1.29, 1.82) is 0 Å². The molecular weight excluding hydrogens is 182 g/mol. The SMILES string of the molecule is COc1nc(C=CCC=O)cnc1N. The maximum atomic E-state index is 10.0.